The fraction of sp³-hybridized carbons (Fsp3) is 0.538. The molecule has 0 bridgehead atoms. The van der Waals surface area contributed by atoms with Gasteiger partial charge in [-0.25, -0.2) is 0 Å². The van der Waals surface area contributed by atoms with Gasteiger partial charge in [-0.15, -0.1) is 0 Å². The SMILES string of the molecule is Cc1ccccc1OCC1(O)CCOCC1. The molecule has 1 aromatic carbocycles. The molecule has 16 heavy (non-hydrogen) atoms. The van der Waals surface area contributed by atoms with Crippen molar-refractivity contribution >= 4 is 0 Å². The van der Waals surface area contributed by atoms with Crippen LogP contribution in [0.4, 0.5) is 0 Å². The van der Waals surface area contributed by atoms with Crippen molar-refractivity contribution < 1.29 is 14.6 Å². The normalized spacial score (nSPS) is 19.4. The largest absolute Gasteiger partial charge is 0.490 e. The van der Waals surface area contributed by atoms with Crippen molar-refractivity contribution in [1.29, 1.82) is 0 Å². The molecular formula is C13H18O3. The van der Waals surface area contributed by atoms with Gasteiger partial charge in [-0.05, 0) is 18.6 Å². The Morgan fingerprint density at radius 3 is 2.69 bits per heavy atom. The molecule has 3 heteroatoms. The van der Waals surface area contributed by atoms with Crippen molar-refractivity contribution in [1.82, 2.24) is 0 Å². The highest BCUT2D eigenvalue weighted by atomic mass is 16.5. The van der Waals surface area contributed by atoms with Crippen LogP contribution in [0.3, 0.4) is 0 Å². The number of ether oxygens (including phenoxy) is 2. The Bertz CT molecular complexity index is 343. The highest BCUT2D eigenvalue weighted by molar-refractivity contribution is 5.31. The molecule has 1 aromatic rings. The topological polar surface area (TPSA) is 38.7 Å². The number of para-hydroxylation sites is 1. The van der Waals surface area contributed by atoms with E-state index in [9.17, 15) is 5.11 Å². The maximum Gasteiger partial charge on any atom is 0.122 e. The average molecular weight is 222 g/mol. The second-order valence-electron chi connectivity index (χ2n) is 4.39. The number of hydrogen-bond acceptors (Lipinski definition) is 3. The van der Waals surface area contributed by atoms with Gasteiger partial charge < -0.3 is 14.6 Å². The first-order valence-corrected chi connectivity index (χ1v) is 5.68. The Morgan fingerprint density at radius 1 is 1.31 bits per heavy atom. The van der Waals surface area contributed by atoms with E-state index in [0.29, 0.717) is 32.7 Å². The molecule has 1 heterocycles. The smallest absolute Gasteiger partial charge is 0.122 e. The van der Waals surface area contributed by atoms with E-state index >= 15 is 0 Å². The van der Waals surface area contributed by atoms with Crippen molar-refractivity contribution in [3.63, 3.8) is 0 Å². The number of hydrogen-bond donors (Lipinski definition) is 1. The Hall–Kier alpha value is -1.06. The predicted molar refractivity (Wildman–Crippen MR) is 61.7 cm³/mol. The second kappa shape index (κ2) is 4.85. The first kappa shape index (κ1) is 11.4. The van der Waals surface area contributed by atoms with E-state index in [-0.39, 0.29) is 0 Å². The third-order valence-electron chi connectivity index (χ3n) is 3.01. The molecule has 1 aliphatic heterocycles. The van der Waals surface area contributed by atoms with Gasteiger partial charge in [-0.1, -0.05) is 18.2 Å². The van der Waals surface area contributed by atoms with E-state index in [4.69, 9.17) is 9.47 Å². The summed E-state index contributed by atoms with van der Waals surface area (Å²) in [5, 5.41) is 10.2. The second-order valence-corrected chi connectivity index (χ2v) is 4.39. The Labute approximate surface area is 96.0 Å². The van der Waals surface area contributed by atoms with Gasteiger partial charge in [-0.2, -0.15) is 0 Å². The Morgan fingerprint density at radius 2 is 2.00 bits per heavy atom. The minimum Gasteiger partial charge on any atom is -0.490 e. The highest BCUT2D eigenvalue weighted by Gasteiger charge is 2.30. The van der Waals surface area contributed by atoms with Gasteiger partial charge >= 0.3 is 0 Å². The average Bonchev–Trinajstić information content (AvgIpc) is 2.29. The lowest BCUT2D eigenvalue weighted by Crippen LogP contribution is -2.41. The standard InChI is InChI=1S/C13H18O3/c1-11-4-2-3-5-12(11)16-10-13(14)6-8-15-9-7-13/h2-5,14H,6-10H2,1H3. The van der Waals surface area contributed by atoms with Crippen molar-refractivity contribution in [2.75, 3.05) is 19.8 Å². The molecule has 1 aliphatic rings. The fourth-order valence-electron chi connectivity index (χ4n) is 1.83. The van der Waals surface area contributed by atoms with Crippen LogP contribution in [0.15, 0.2) is 24.3 Å². The lowest BCUT2D eigenvalue weighted by atomic mass is 9.96. The molecule has 0 aliphatic carbocycles. The van der Waals surface area contributed by atoms with Crippen LogP contribution in [0.5, 0.6) is 5.75 Å². The maximum absolute atomic E-state index is 10.2. The summed E-state index contributed by atoms with van der Waals surface area (Å²) in [6.07, 6.45) is 1.30. The summed E-state index contributed by atoms with van der Waals surface area (Å²) >= 11 is 0. The van der Waals surface area contributed by atoms with Crippen LogP contribution < -0.4 is 4.74 Å². The summed E-state index contributed by atoms with van der Waals surface area (Å²) in [5.74, 6) is 0.849. The number of aryl methyl sites for hydroxylation is 1. The molecule has 0 radical (unpaired) electrons. The van der Waals surface area contributed by atoms with Crippen LogP contribution in [-0.2, 0) is 4.74 Å². The van der Waals surface area contributed by atoms with Gasteiger partial charge in [0.1, 0.15) is 18.0 Å². The third-order valence-corrected chi connectivity index (χ3v) is 3.01. The van der Waals surface area contributed by atoms with Gasteiger partial charge in [0, 0.05) is 26.1 Å². The Balaban J connectivity index is 1.94. The quantitative estimate of drug-likeness (QED) is 0.849. The van der Waals surface area contributed by atoms with Gasteiger partial charge in [0.25, 0.3) is 0 Å². The summed E-state index contributed by atoms with van der Waals surface area (Å²) < 4.78 is 10.9. The zero-order chi connectivity index (χ0) is 11.4. The minimum absolute atomic E-state index is 0.348. The lowest BCUT2D eigenvalue weighted by molar-refractivity contribution is -0.0856. The molecule has 0 unspecified atom stereocenters. The first-order chi connectivity index (χ1) is 7.70. The van der Waals surface area contributed by atoms with E-state index in [1.54, 1.807) is 0 Å². The summed E-state index contributed by atoms with van der Waals surface area (Å²) in [6.45, 7) is 3.59. The molecule has 88 valence electrons. The van der Waals surface area contributed by atoms with Crippen molar-refractivity contribution in [2.24, 2.45) is 0 Å². The molecule has 2 rings (SSSR count). The molecule has 0 amide bonds. The van der Waals surface area contributed by atoms with Crippen LogP contribution in [-0.4, -0.2) is 30.5 Å². The van der Waals surface area contributed by atoms with Crippen LogP contribution >= 0.6 is 0 Å². The summed E-state index contributed by atoms with van der Waals surface area (Å²) in [7, 11) is 0. The van der Waals surface area contributed by atoms with Gasteiger partial charge in [0.15, 0.2) is 0 Å². The highest BCUT2D eigenvalue weighted by Crippen LogP contribution is 2.23. The molecule has 3 nitrogen and oxygen atoms in total. The van der Waals surface area contributed by atoms with E-state index in [1.165, 1.54) is 0 Å². The molecule has 0 spiro atoms. The fourth-order valence-corrected chi connectivity index (χ4v) is 1.83. The predicted octanol–water partition coefficient (Wildman–Crippen LogP) is 1.92. The zero-order valence-electron chi connectivity index (χ0n) is 9.61. The van der Waals surface area contributed by atoms with E-state index < -0.39 is 5.60 Å². The molecule has 0 aromatic heterocycles. The minimum atomic E-state index is -0.722. The lowest BCUT2D eigenvalue weighted by Gasteiger charge is -2.31. The maximum atomic E-state index is 10.2. The van der Waals surface area contributed by atoms with Gasteiger partial charge in [0.2, 0.25) is 0 Å². The molecular weight excluding hydrogens is 204 g/mol. The third kappa shape index (κ3) is 2.74. The van der Waals surface area contributed by atoms with Crippen LogP contribution in [0.1, 0.15) is 18.4 Å². The number of aliphatic hydroxyl groups is 1. The van der Waals surface area contributed by atoms with E-state index in [2.05, 4.69) is 0 Å². The van der Waals surface area contributed by atoms with Crippen molar-refractivity contribution in [2.45, 2.75) is 25.4 Å². The van der Waals surface area contributed by atoms with E-state index in [1.807, 2.05) is 31.2 Å². The van der Waals surface area contributed by atoms with Crippen molar-refractivity contribution in [3.05, 3.63) is 29.8 Å². The first-order valence-electron chi connectivity index (χ1n) is 5.68. The van der Waals surface area contributed by atoms with Gasteiger partial charge in [-0.3, -0.25) is 0 Å². The van der Waals surface area contributed by atoms with Crippen molar-refractivity contribution in [3.8, 4) is 5.75 Å². The molecule has 1 saturated heterocycles. The molecule has 0 atom stereocenters. The van der Waals surface area contributed by atoms with Crippen LogP contribution in [0, 0.1) is 6.92 Å². The van der Waals surface area contributed by atoms with Crippen LogP contribution in [0.25, 0.3) is 0 Å². The van der Waals surface area contributed by atoms with Crippen LogP contribution in [0.2, 0.25) is 0 Å². The van der Waals surface area contributed by atoms with Gasteiger partial charge in [0.05, 0.1) is 0 Å². The molecule has 1 N–H and O–H groups in total. The molecule has 0 saturated carbocycles. The zero-order valence-corrected chi connectivity index (χ0v) is 9.61. The summed E-state index contributed by atoms with van der Waals surface area (Å²) in [6, 6.07) is 7.85. The Kier molecular flexibility index (Phi) is 3.46. The summed E-state index contributed by atoms with van der Waals surface area (Å²) in [4.78, 5) is 0. The molecule has 1 fully saturated rings. The van der Waals surface area contributed by atoms with E-state index in [0.717, 1.165) is 11.3 Å². The number of benzene rings is 1. The monoisotopic (exact) mass is 222 g/mol. The number of rotatable bonds is 3. The summed E-state index contributed by atoms with van der Waals surface area (Å²) in [5.41, 5.74) is 0.374.